The lowest BCUT2D eigenvalue weighted by Gasteiger charge is -2.17. The van der Waals surface area contributed by atoms with Crippen LogP contribution in [0.1, 0.15) is 34.9 Å². The van der Waals surface area contributed by atoms with E-state index in [-0.39, 0.29) is 18.8 Å². The first-order valence-corrected chi connectivity index (χ1v) is 7.14. The third-order valence-corrected chi connectivity index (χ3v) is 3.21. The second-order valence-corrected chi connectivity index (χ2v) is 4.87. The molecule has 0 aromatic heterocycles. The number of hydrogen-bond donors (Lipinski definition) is 0. The molecule has 0 aliphatic carbocycles. The number of carboxylic acids is 1. The fraction of sp³-hybridized carbons (Fsp3) is 0.222. The highest BCUT2D eigenvalue weighted by Gasteiger charge is 2.22. The Balaban J connectivity index is 2.11. The largest absolute Gasteiger partial charge is 0.550 e. The van der Waals surface area contributed by atoms with Gasteiger partial charge in [0.2, 0.25) is 0 Å². The quantitative estimate of drug-likeness (QED) is 0.553. The molecule has 114 valence electrons. The lowest BCUT2D eigenvalue weighted by Crippen LogP contribution is -2.23. The molecule has 2 aromatic carbocycles. The van der Waals surface area contributed by atoms with E-state index in [0.29, 0.717) is 12.0 Å². The van der Waals surface area contributed by atoms with E-state index in [9.17, 15) is 14.7 Å². The van der Waals surface area contributed by atoms with Crippen molar-refractivity contribution in [1.29, 1.82) is 0 Å². The summed E-state index contributed by atoms with van der Waals surface area (Å²) in [5.41, 5.74) is 1.32. The van der Waals surface area contributed by atoms with Crippen molar-refractivity contribution in [3.05, 3.63) is 71.8 Å². The smallest absolute Gasteiger partial charge is 0.196 e. The summed E-state index contributed by atoms with van der Waals surface area (Å²) in [6, 6.07) is 18.1. The van der Waals surface area contributed by atoms with Crippen molar-refractivity contribution in [1.82, 2.24) is 0 Å². The van der Waals surface area contributed by atoms with Crippen LogP contribution >= 0.6 is 0 Å². The van der Waals surface area contributed by atoms with Crippen molar-refractivity contribution in [2.24, 2.45) is 0 Å². The molecule has 0 spiro atoms. The number of Topliss-reactive ketones (excluding diaryl/α,β-unsaturated/α-hetero) is 1. The summed E-state index contributed by atoms with van der Waals surface area (Å²) in [6.45, 7) is 0.187. The summed E-state index contributed by atoms with van der Waals surface area (Å²) in [5, 5.41) is 10.4. The van der Waals surface area contributed by atoms with Crippen LogP contribution in [-0.4, -0.2) is 18.4 Å². The maximum Gasteiger partial charge on any atom is 0.196 e. The molecule has 0 radical (unpaired) electrons. The van der Waals surface area contributed by atoms with Gasteiger partial charge in [-0.2, -0.15) is 0 Å². The van der Waals surface area contributed by atoms with Gasteiger partial charge < -0.3 is 14.6 Å². The van der Waals surface area contributed by atoms with Crippen LogP contribution in [0.2, 0.25) is 0 Å². The molecule has 22 heavy (non-hydrogen) atoms. The lowest BCUT2D eigenvalue weighted by molar-refractivity contribution is -0.305. The van der Waals surface area contributed by atoms with Gasteiger partial charge in [0.1, 0.15) is 6.10 Å². The molecule has 4 nitrogen and oxygen atoms in total. The van der Waals surface area contributed by atoms with Gasteiger partial charge in [-0.3, -0.25) is 4.79 Å². The zero-order valence-electron chi connectivity index (χ0n) is 12.1. The van der Waals surface area contributed by atoms with Gasteiger partial charge in [0, 0.05) is 18.1 Å². The second-order valence-electron chi connectivity index (χ2n) is 4.87. The Kier molecular flexibility index (Phi) is 5.86. The van der Waals surface area contributed by atoms with E-state index in [1.54, 1.807) is 24.3 Å². The third-order valence-electron chi connectivity index (χ3n) is 3.21. The maximum absolute atomic E-state index is 12.6. The molecule has 0 aliphatic rings. The fourth-order valence-electron chi connectivity index (χ4n) is 2.12. The van der Waals surface area contributed by atoms with Gasteiger partial charge in [-0.15, -0.1) is 0 Å². The van der Waals surface area contributed by atoms with Crippen LogP contribution < -0.4 is 5.11 Å². The van der Waals surface area contributed by atoms with E-state index in [1.807, 2.05) is 36.4 Å². The molecule has 2 rings (SSSR count). The Morgan fingerprint density at radius 2 is 1.55 bits per heavy atom. The average molecular weight is 297 g/mol. The molecule has 0 saturated carbocycles. The van der Waals surface area contributed by atoms with Crippen molar-refractivity contribution >= 4 is 11.8 Å². The van der Waals surface area contributed by atoms with E-state index in [2.05, 4.69) is 0 Å². The van der Waals surface area contributed by atoms with Gasteiger partial charge >= 0.3 is 0 Å². The lowest BCUT2D eigenvalue weighted by atomic mass is 10.00. The number of benzene rings is 2. The molecular weight excluding hydrogens is 280 g/mol. The standard InChI is InChI=1S/C18H18O4/c19-16(20)12-7-13-22-18(15-10-5-2-6-11-15)17(21)14-8-3-1-4-9-14/h1-6,8-11,18H,7,12-13H2,(H,19,20)/p-1/t18-/m1/s1. The number of carbonyl (C=O) groups excluding carboxylic acids is 2. The minimum atomic E-state index is -1.12. The predicted molar refractivity (Wildman–Crippen MR) is 80.1 cm³/mol. The summed E-state index contributed by atoms with van der Waals surface area (Å²) in [4.78, 5) is 23.1. The number of ketones is 1. The number of carbonyl (C=O) groups is 2. The minimum absolute atomic E-state index is 0.0823. The molecule has 4 heteroatoms. The Bertz CT molecular complexity index is 607. The van der Waals surface area contributed by atoms with Crippen LogP contribution in [0.25, 0.3) is 0 Å². The molecular formula is C18H17O4-. The molecule has 0 fully saturated rings. The number of hydrogen-bond acceptors (Lipinski definition) is 4. The average Bonchev–Trinajstić information content (AvgIpc) is 2.56. The zero-order valence-corrected chi connectivity index (χ0v) is 12.1. The van der Waals surface area contributed by atoms with Gasteiger partial charge in [0.05, 0.1) is 0 Å². The second kappa shape index (κ2) is 8.10. The number of rotatable bonds is 8. The summed E-state index contributed by atoms with van der Waals surface area (Å²) in [6.07, 6.45) is -0.500. The van der Waals surface area contributed by atoms with E-state index in [4.69, 9.17) is 4.74 Å². The van der Waals surface area contributed by atoms with Gasteiger partial charge in [-0.1, -0.05) is 60.7 Å². The van der Waals surface area contributed by atoms with Crippen molar-refractivity contribution in [3.63, 3.8) is 0 Å². The summed E-state index contributed by atoms with van der Waals surface area (Å²) >= 11 is 0. The van der Waals surface area contributed by atoms with Crippen LogP contribution in [0.15, 0.2) is 60.7 Å². The monoisotopic (exact) mass is 297 g/mol. The van der Waals surface area contributed by atoms with Gasteiger partial charge in [0.15, 0.2) is 5.78 Å². The molecule has 0 amide bonds. The molecule has 0 unspecified atom stereocenters. The van der Waals surface area contributed by atoms with Crippen LogP contribution in [0.4, 0.5) is 0 Å². The van der Waals surface area contributed by atoms with Crippen molar-refractivity contribution in [2.45, 2.75) is 18.9 Å². The predicted octanol–water partition coefficient (Wildman–Crippen LogP) is 2.16. The normalized spacial score (nSPS) is 11.8. The van der Waals surface area contributed by atoms with Crippen LogP contribution in [0.5, 0.6) is 0 Å². The van der Waals surface area contributed by atoms with E-state index in [1.165, 1.54) is 0 Å². The molecule has 0 heterocycles. The third kappa shape index (κ3) is 4.53. The highest BCUT2D eigenvalue weighted by molar-refractivity contribution is 6.00. The Hall–Kier alpha value is -2.46. The number of aliphatic carboxylic acids is 1. The number of carboxylic acid groups (broad SMARTS) is 1. The first-order valence-electron chi connectivity index (χ1n) is 7.14. The molecule has 0 aliphatic heterocycles. The van der Waals surface area contributed by atoms with Gasteiger partial charge in [0.25, 0.3) is 0 Å². The molecule has 2 aromatic rings. The topological polar surface area (TPSA) is 66.4 Å². The highest BCUT2D eigenvalue weighted by atomic mass is 16.5. The SMILES string of the molecule is O=C([O-])CCCO[C@@H](C(=O)c1ccccc1)c1ccccc1. The van der Waals surface area contributed by atoms with Crippen molar-refractivity contribution in [3.8, 4) is 0 Å². The van der Waals surface area contributed by atoms with Crippen molar-refractivity contribution in [2.75, 3.05) is 6.61 Å². The Morgan fingerprint density at radius 3 is 2.14 bits per heavy atom. The van der Waals surface area contributed by atoms with Gasteiger partial charge in [-0.05, 0) is 18.4 Å². The van der Waals surface area contributed by atoms with Gasteiger partial charge in [-0.25, -0.2) is 0 Å². The molecule has 1 atom stereocenters. The summed E-state index contributed by atoms with van der Waals surface area (Å²) in [5.74, 6) is -1.26. The van der Waals surface area contributed by atoms with Crippen LogP contribution in [0.3, 0.4) is 0 Å². The van der Waals surface area contributed by atoms with E-state index in [0.717, 1.165) is 5.56 Å². The summed E-state index contributed by atoms with van der Waals surface area (Å²) < 4.78 is 5.65. The Labute approximate surface area is 129 Å². The van der Waals surface area contributed by atoms with E-state index < -0.39 is 12.1 Å². The maximum atomic E-state index is 12.6. The summed E-state index contributed by atoms with van der Waals surface area (Å²) in [7, 11) is 0. The molecule has 0 saturated heterocycles. The first-order chi connectivity index (χ1) is 10.7. The van der Waals surface area contributed by atoms with Crippen molar-refractivity contribution < 1.29 is 19.4 Å². The Morgan fingerprint density at radius 1 is 0.955 bits per heavy atom. The van der Waals surface area contributed by atoms with E-state index >= 15 is 0 Å². The molecule has 0 N–H and O–H groups in total. The number of ether oxygens (including phenoxy) is 1. The molecule has 0 bridgehead atoms. The highest BCUT2D eigenvalue weighted by Crippen LogP contribution is 2.22. The zero-order chi connectivity index (χ0) is 15.8. The van der Waals surface area contributed by atoms with Crippen LogP contribution in [0, 0.1) is 0 Å². The minimum Gasteiger partial charge on any atom is -0.550 e. The fourth-order valence-corrected chi connectivity index (χ4v) is 2.12. The van der Waals surface area contributed by atoms with Crippen LogP contribution in [-0.2, 0) is 9.53 Å². The first kappa shape index (κ1) is 15.9.